The highest BCUT2D eigenvalue weighted by atomic mass is 32.2. The third-order valence-electron chi connectivity index (χ3n) is 6.47. The highest BCUT2D eigenvalue weighted by Gasteiger charge is 2.37. The second kappa shape index (κ2) is 8.93. The molecule has 2 aliphatic rings. The number of carbonyl (C=O) groups is 1. The third kappa shape index (κ3) is 3.87. The number of amides is 1. The fourth-order valence-corrected chi connectivity index (χ4v) is 6.34. The molecule has 168 valence electrons. The van der Waals surface area contributed by atoms with Gasteiger partial charge >= 0.3 is 0 Å². The molecule has 4 rings (SSSR count). The van der Waals surface area contributed by atoms with Gasteiger partial charge in [-0.15, -0.1) is 0 Å². The van der Waals surface area contributed by atoms with Gasteiger partial charge in [-0.1, -0.05) is 18.2 Å². The smallest absolute Gasteiger partial charge is 0.244 e. The second-order valence-corrected chi connectivity index (χ2v) is 10.2. The SMILES string of the molecule is COc1ccc(C)c2c1N(C(=O)C1CCN(S(=O)(=O)c3ccccc3C#N)CC1)CCC2. The van der Waals surface area contributed by atoms with Gasteiger partial charge in [-0.25, -0.2) is 8.42 Å². The summed E-state index contributed by atoms with van der Waals surface area (Å²) in [6.45, 7) is 3.20. The molecule has 1 amide bonds. The monoisotopic (exact) mass is 453 g/mol. The van der Waals surface area contributed by atoms with Crippen molar-refractivity contribution in [2.45, 2.75) is 37.5 Å². The maximum Gasteiger partial charge on any atom is 0.244 e. The molecule has 0 spiro atoms. The number of benzene rings is 2. The topological polar surface area (TPSA) is 90.7 Å². The normalized spacial score (nSPS) is 17.5. The average molecular weight is 454 g/mol. The predicted molar refractivity (Wildman–Crippen MR) is 121 cm³/mol. The van der Waals surface area contributed by atoms with E-state index in [1.165, 1.54) is 16.4 Å². The number of ether oxygens (including phenoxy) is 1. The van der Waals surface area contributed by atoms with Crippen molar-refractivity contribution in [3.8, 4) is 11.8 Å². The summed E-state index contributed by atoms with van der Waals surface area (Å²) in [6, 6.07) is 12.1. The molecule has 32 heavy (non-hydrogen) atoms. The lowest BCUT2D eigenvalue weighted by Gasteiger charge is -2.37. The highest BCUT2D eigenvalue weighted by Crippen LogP contribution is 2.39. The molecule has 0 radical (unpaired) electrons. The first-order valence-corrected chi connectivity index (χ1v) is 12.3. The molecule has 0 aromatic heterocycles. The molecule has 7 nitrogen and oxygen atoms in total. The molecule has 2 aromatic carbocycles. The highest BCUT2D eigenvalue weighted by molar-refractivity contribution is 7.89. The second-order valence-electron chi connectivity index (χ2n) is 8.29. The Labute approximate surface area is 189 Å². The molecule has 2 aromatic rings. The van der Waals surface area contributed by atoms with Crippen LogP contribution in [0.3, 0.4) is 0 Å². The summed E-state index contributed by atoms with van der Waals surface area (Å²) in [5.41, 5.74) is 3.30. The third-order valence-corrected chi connectivity index (χ3v) is 8.43. The molecule has 8 heteroatoms. The largest absolute Gasteiger partial charge is 0.495 e. The van der Waals surface area contributed by atoms with Gasteiger partial charge < -0.3 is 9.64 Å². The van der Waals surface area contributed by atoms with Crippen molar-refractivity contribution in [1.82, 2.24) is 4.31 Å². The zero-order chi connectivity index (χ0) is 22.9. The van der Waals surface area contributed by atoms with Gasteiger partial charge in [0.1, 0.15) is 11.8 Å². The minimum atomic E-state index is -3.78. The summed E-state index contributed by atoms with van der Waals surface area (Å²) >= 11 is 0. The van der Waals surface area contributed by atoms with Crippen molar-refractivity contribution in [3.05, 3.63) is 53.1 Å². The number of carbonyl (C=O) groups excluding carboxylic acids is 1. The van der Waals surface area contributed by atoms with Gasteiger partial charge in [-0.2, -0.15) is 9.57 Å². The lowest BCUT2D eigenvalue weighted by atomic mass is 9.92. The Morgan fingerprint density at radius 3 is 2.53 bits per heavy atom. The summed E-state index contributed by atoms with van der Waals surface area (Å²) in [7, 11) is -2.16. The van der Waals surface area contributed by atoms with E-state index in [9.17, 15) is 18.5 Å². The van der Waals surface area contributed by atoms with Gasteiger partial charge in [0.25, 0.3) is 0 Å². The van der Waals surface area contributed by atoms with Crippen LogP contribution in [0.2, 0.25) is 0 Å². The quantitative estimate of drug-likeness (QED) is 0.709. The zero-order valence-electron chi connectivity index (χ0n) is 18.4. The molecule has 2 aliphatic heterocycles. The number of sulfonamides is 1. The van der Waals surface area contributed by atoms with Crippen molar-refractivity contribution in [1.29, 1.82) is 5.26 Å². The number of hydrogen-bond donors (Lipinski definition) is 0. The number of nitrogens with zero attached hydrogens (tertiary/aromatic N) is 3. The Balaban J connectivity index is 1.52. The van der Waals surface area contributed by atoms with E-state index < -0.39 is 10.0 Å². The van der Waals surface area contributed by atoms with Crippen LogP contribution in [0.1, 0.15) is 36.0 Å². The van der Waals surface area contributed by atoms with Crippen LogP contribution in [0, 0.1) is 24.2 Å². The fraction of sp³-hybridized carbons (Fsp3) is 0.417. The van der Waals surface area contributed by atoms with E-state index in [2.05, 4.69) is 6.92 Å². The summed E-state index contributed by atoms with van der Waals surface area (Å²) < 4.78 is 33.1. The fourth-order valence-electron chi connectivity index (χ4n) is 4.72. The maximum absolute atomic E-state index is 13.5. The molecule has 2 heterocycles. The van der Waals surface area contributed by atoms with E-state index in [0.29, 0.717) is 25.1 Å². The number of piperidine rings is 1. The molecular weight excluding hydrogens is 426 g/mol. The molecule has 0 N–H and O–H groups in total. The lowest BCUT2D eigenvalue weighted by molar-refractivity contribution is -0.123. The number of rotatable bonds is 4. The van der Waals surface area contributed by atoms with Gasteiger partial charge in [0.05, 0.1) is 23.3 Å². The van der Waals surface area contributed by atoms with Crippen LogP contribution >= 0.6 is 0 Å². The Morgan fingerprint density at radius 2 is 1.84 bits per heavy atom. The molecule has 0 aliphatic carbocycles. The number of methoxy groups -OCH3 is 1. The summed E-state index contributed by atoms with van der Waals surface area (Å²) in [5, 5.41) is 9.29. The van der Waals surface area contributed by atoms with Crippen molar-refractivity contribution >= 4 is 21.6 Å². The molecule has 0 atom stereocenters. The van der Waals surface area contributed by atoms with Gasteiger partial charge in [0, 0.05) is 25.6 Å². The van der Waals surface area contributed by atoms with Crippen molar-refractivity contribution < 1.29 is 17.9 Å². The van der Waals surface area contributed by atoms with Gasteiger partial charge in [-0.05, 0) is 61.9 Å². The number of fused-ring (bicyclic) bond motifs is 1. The minimum Gasteiger partial charge on any atom is -0.495 e. The molecule has 1 saturated heterocycles. The Morgan fingerprint density at radius 1 is 1.12 bits per heavy atom. The maximum atomic E-state index is 13.5. The minimum absolute atomic E-state index is 0.0254. The van der Waals surface area contributed by atoms with Gasteiger partial charge in [0.15, 0.2) is 0 Å². The molecule has 1 fully saturated rings. The summed E-state index contributed by atoms with van der Waals surface area (Å²) in [6.07, 6.45) is 2.71. The van der Waals surface area contributed by atoms with E-state index in [4.69, 9.17) is 4.74 Å². The van der Waals surface area contributed by atoms with Gasteiger partial charge in [0.2, 0.25) is 15.9 Å². The lowest BCUT2D eigenvalue weighted by Crippen LogP contribution is -2.46. The summed E-state index contributed by atoms with van der Waals surface area (Å²) in [4.78, 5) is 15.3. The van der Waals surface area contributed by atoms with Crippen molar-refractivity contribution in [2.75, 3.05) is 31.6 Å². The number of nitriles is 1. The van der Waals surface area contributed by atoms with Crippen LogP contribution in [0.5, 0.6) is 5.75 Å². The van der Waals surface area contributed by atoms with Crippen LogP contribution in [-0.2, 0) is 21.2 Å². The van der Waals surface area contributed by atoms with E-state index >= 15 is 0 Å². The van der Waals surface area contributed by atoms with Crippen LogP contribution in [0.15, 0.2) is 41.3 Å². The van der Waals surface area contributed by atoms with E-state index in [0.717, 1.165) is 29.7 Å². The predicted octanol–water partition coefficient (Wildman–Crippen LogP) is 3.26. The van der Waals surface area contributed by atoms with Crippen LogP contribution < -0.4 is 9.64 Å². The molecular formula is C24H27N3O4S. The van der Waals surface area contributed by atoms with Gasteiger partial charge in [-0.3, -0.25) is 4.79 Å². The van der Waals surface area contributed by atoms with E-state index in [1.54, 1.807) is 19.2 Å². The van der Waals surface area contributed by atoms with E-state index in [1.807, 2.05) is 23.1 Å². The first-order valence-electron chi connectivity index (χ1n) is 10.9. The van der Waals surface area contributed by atoms with Crippen LogP contribution in [0.4, 0.5) is 5.69 Å². The average Bonchev–Trinajstić information content (AvgIpc) is 2.83. The molecule has 0 unspecified atom stereocenters. The van der Waals surface area contributed by atoms with Crippen LogP contribution in [-0.4, -0.2) is 45.4 Å². The Kier molecular flexibility index (Phi) is 6.22. The zero-order valence-corrected chi connectivity index (χ0v) is 19.2. The number of hydrogen-bond acceptors (Lipinski definition) is 5. The van der Waals surface area contributed by atoms with Crippen LogP contribution in [0.25, 0.3) is 0 Å². The number of anilines is 1. The first-order chi connectivity index (χ1) is 15.4. The molecule has 0 saturated carbocycles. The summed E-state index contributed by atoms with van der Waals surface area (Å²) in [5.74, 6) is 0.486. The Hall–Kier alpha value is -2.89. The molecule has 0 bridgehead atoms. The Bertz CT molecular complexity index is 1180. The van der Waals surface area contributed by atoms with Crippen molar-refractivity contribution in [3.63, 3.8) is 0 Å². The standard InChI is InChI=1S/C24H27N3O4S/c1-17-9-10-21(31-2)23-20(17)7-5-13-27(23)24(28)18-11-14-26(15-12-18)32(29,30)22-8-4-3-6-19(22)16-25/h3-4,6,8-10,18H,5,7,11-15H2,1-2H3. The van der Waals surface area contributed by atoms with E-state index in [-0.39, 0.29) is 35.4 Å². The van der Waals surface area contributed by atoms with Crippen molar-refractivity contribution in [2.24, 2.45) is 5.92 Å². The number of aryl methyl sites for hydroxylation is 1. The first kappa shape index (κ1) is 22.3.